The van der Waals surface area contributed by atoms with Crippen molar-refractivity contribution in [3.63, 3.8) is 0 Å². The summed E-state index contributed by atoms with van der Waals surface area (Å²) in [5.74, 6) is -0.552. The number of halogens is 1. The van der Waals surface area contributed by atoms with Crippen LogP contribution in [0.1, 0.15) is 13.8 Å². The summed E-state index contributed by atoms with van der Waals surface area (Å²) in [5, 5.41) is 5.14. The van der Waals surface area contributed by atoms with Gasteiger partial charge in [0.1, 0.15) is 5.82 Å². The quantitative estimate of drug-likeness (QED) is 0.743. The van der Waals surface area contributed by atoms with Crippen LogP contribution in [0.25, 0.3) is 0 Å². The average molecular weight is 428 g/mol. The van der Waals surface area contributed by atoms with E-state index in [0.717, 1.165) is 18.8 Å². The van der Waals surface area contributed by atoms with Crippen LogP contribution >= 0.6 is 0 Å². The highest BCUT2D eigenvalue weighted by Crippen LogP contribution is 2.23. The van der Waals surface area contributed by atoms with Crippen molar-refractivity contribution in [1.82, 2.24) is 10.2 Å². The number of urea groups is 1. The monoisotopic (exact) mass is 427 g/mol. The second-order valence-electron chi connectivity index (χ2n) is 7.88. The Hall–Kier alpha value is -3.29. The molecule has 0 radical (unpaired) electrons. The molecule has 1 aliphatic heterocycles. The third-order valence-electron chi connectivity index (χ3n) is 5.51. The van der Waals surface area contributed by atoms with E-state index in [9.17, 15) is 14.0 Å². The maximum Gasteiger partial charge on any atom is 0.319 e. The predicted octanol–water partition coefficient (Wildman–Crippen LogP) is 3.14. The second kappa shape index (κ2) is 10.1. The first-order valence-corrected chi connectivity index (χ1v) is 10.5. The van der Waals surface area contributed by atoms with Crippen LogP contribution in [0.3, 0.4) is 0 Å². The predicted molar refractivity (Wildman–Crippen MR) is 122 cm³/mol. The van der Waals surface area contributed by atoms with Gasteiger partial charge in [0.2, 0.25) is 5.91 Å². The number of carbonyl (C=O) groups is 2. The Morgan fingerprint density at radius 2 is 1.74 bits per heavy atom. The van der Waals surface area contributed by atoms with Gasteiger partial charge in [0.25, 0.3) is 0 Å². The lowest BCUT2D eigenvalue weighted by Gasteiger charge is -2.36. The molecule has 0 unspecified atom stereocenters. The number of anilines is 3. The largest absolute Gasteiger partial charge is 0.370 e. The number of hydrogen-bond donors (Lipinski definition) is 2. The summed E-state index contributed by atoms with van der Waals surface area (Å²) in [7, 11) is 1.81. The lowest BCUT2D eigenvalue weighted by atomic mass is 10.2. The van der Waals surface area contributed by atoms with E-state index in [1.54, 1.807) is 17.0 Å². The van der Waals surface area contributed by atoms with E-state index >= 15 is 0 Å². The third kappa shape index (κ3) is 5.87. The zero-order valence-electron chi connectivity index (χ0n) is 18.3. The van der Waals surface area contributed by atoms with Gasteiger partial charge in [-0.05, 0) is 44.2 Å². The van der Waals surface area contributed by atoms with Crippen molar-refractivity contribution in [1.29, 1.82) is 0 Å². The normalized spacial score (nSPS) is 13.8. The Morgan fingerprint density at radius 1 is 1.06 bits per heavy atom. The van der Waals surface area contributed by atoms with Gasteiger partial charge < -0.3 is 25.3 Å². The molecule has 3 amide bonds. The van der Waals surface area contributed by atoms with Gasteiger partial charge >= 0.3 is 6.03 Å². The van der Waals surface area contributed by atoms with Gasteiger partial charge in [-0.1, -0.05) is 18.2 Å². The summed E-state index contributed by atoms with van der Waals surface area (Å²) in [4.78, 5) is 30.4. The molecule has 166 valence electrons. The Morgan fingerprint density at radius 3 is 2.35 bits per heavy atom. The molecule has 31 heavy (non-hydrogen) atoms. The van der Waals surface area contributed by atoms with Gasteiger partial charge in [-0.15, -0.1) is 0 Å². The molecule has 1 heterocycles. The van der Waals surface area contributed by atoms with Crippen molar-refractivity contribution in [2.75, 3.05) is 54.9 Å². The molecule has 0 saturated carbocycles. The fraction of sp³-hybridized carbons (Fsp3) is 0.391. The molecule has 1 aliphatic rings. The summed E-state index contributed by atoms with van der Waals surface area (Å²) in [6, 6.07) is 14.2. The Bertz CT molecular complexity index is 898. The van der Waals surface area contributed by atoms with Crippen molar-refractivity contribution >= 4 is 29.0 Å². The summed E-state index contributed by atoms with van der Waals surface area (Å²) < 4.78 is 14.3. The Balaban J connectivity index is 1.44. The minimum absolute atomic E-state index is 0.103. The molecule has 2 aromatic carbocycles. The van der Waals surface area contributed by atoms with E-state index in [-0.39, 0.29) is 18.5 Å². The van der Waals surface area contributed by atoms with Gasteiger partial charge in [0.15, 0.2) is 0 Å². The number of benzene rings is 2. The molecule has 7 nitrogen and oxygen atoms in total. The standard InChI is InChI=1S/C23H30FN5O2/c1-17(2)27(3)21-10-9-18(15-20(21)24)26-23(31)25-16-22(30)29-13-11-28(12-14-29)19-7-5-4-6-8-19/h4-10,15,17H,11-14,16H2,1-3H3,(H2,25,26,31). The van der Waals surface area contributed by atoms with Gasteiger partial charge in [0, 0.05) is 50.6 Å². The third-order valence-corrected chi connectivity index (χ3v) is 5.51. The Labute approximate surface area is 182 Å². The smallest absolute Gasteiger partial charge is 0.319 e. The van der Waals surface area contributed by atoms with Crippen molar-refractivity contribution in [3.05, 3.63) is 54.3 Å². The van der Waals surface area contributed by atoms with E-state index < -0.39 is 11.8 Å². The van der Waals surface area contributed by atoms with Crippen molar-refractivity contribution < 1.29 is 14.0 Å². The highest BCUT2D eigenvalue weighted by atomic mass is 19.1. The van der Waals surface area contributed by atoms with Gasteiger partial charge in [-0.25, -0.2) is 9.18 Å². The Kier molecular flexibility index (Phi) is 7.33. The summed E-state index contributed by atoms with van der Waals surface area (Å²) in [6.07, 6.45) is 0. The number of piperazine rings is 1. The number of nitrogens with one attached hydrogen (secondary N) is 2. The van der Waals surface area contributed by atoms with E-state index in [1.807, 2.05) is 44.0 Å². The first-order chi connectivity index (χ1) is 14.8. The average Bonchev–Trinajstić information content (AvgIpc) is 2.78. The van der Waals surface area contributed by atoms with Crippen LogP contribution in [0, 0.1) is 5.82 Å². The summed E-state index contributed by atoms with van der Waals surface area (Å²) in [5.41, 5.74) is 1.94. The molecule has 0 bridgehead atoms. The molecule has 3 rings (SSSR count). The fourth-order valence-corrected chi connectivity index (χ4v) is 3.44. The van der Waals surface area contributed by atoms with E-state index in [1.165, 1.54) is 6.07 Å². The molecule has 0 aromatic heterocycles. The molecule has 2 aromatic rings. The zero-order valence-corrected chi connectivity index (χ0v) is 18.3. The van der Waals surface area contributed by atoms with E-state index in [0.29, 0.717) is 24.5 Å². The maximum absolute atomic E-state index is 14.3. The van der Waals surface area contributed by atoms with Crippen LogP contribution < -0.4 is 20.4 Å². The molecule has 8 heteroatoms. The molecule has 1 saturated heterocycles. The van der Waals surface area contributed by atoms with Crippen LogP contribution in [-0.4, -0.2) is 62.7 Å². The van der Waals surface area contributed by atoms with Crippen LogP contribution in [0.2, 0.25) is 0 Å². The van der Waals surface area contributed by atoms with Crippen LogP contribution in [0.5, 0.6) is 0 Å². The SMILES string of the molecule is CC(C)N(C)c1ccc(NC(=O)NCC(=O)N2CCN(c3ccccc3)CC2)cc1F. The van der Waals surface area contributed by atoms with Crippen molar-refractivity contribution in [2.45, 2.75) is 19.9 Å². The highest BCUT2D eigenvalue weighted by molar-refractivity contribution is 5.92. The van der Waals surface area contributed by atoms with Gasteiger partial charge in [0.05, 0.1) is 12.2 Å². The van der Waals surface area contributed by atoms with Gasteiger partial charge in [-0.3, -0.25) is 4.79 Å². The fourth-order valence-electron chi connectivity index (χ4n) is 3.44. The minimum atomic E-state index is -0.541. The highest BCUT2D eigenvalue weighted by Gasteiger charge is 2.21. The number of amides is 3. The molecular formula is C23H30FN5O2. The van der Waals surface area contributed by atoms with Crippen LogP contribution in [-0.2, 0) is 4.79 Å². The van der Waals surface area contributed by atoms with Crippen LogP contribution in [0.4, 0.5) is 26.2 Å². The number of nitrogens with zero attached hydrogens (tertiary/aromatic N) is 3. The van der Waals surface area contributed by atoms with Gasteiger partial charge in [-0.2, -0.15) is 0 Å². The molecular weight excluding hydrogens is 397 g/mol. The zero-order chi connectivity index (χ0) is 22.4. The molecule has 2 N–H and O–H groups in total. The van der Waals surface area contributed by atoms with Crippen molar-refractivity contribution in [3.8, 4) is 0 Å². The maximum atomic E-state index is 14.3. The molecule has 0 atom stereocenters. The lowest BCUT2D eigenvalue weighted by molar-refractivity contribution is -0.130. The molecule has 0 aliphatic carbocycles. The lowest BCUT2D eigenvalue weighted by Crippen LogP contribution is -2.51. The first kappa shape index (κ1) is 22.4. The number of para-hydroxylation sites is 1. The summed E-state index contributed by atoms with van der Waals surface area (Å²) >= 11 is 0. The van der Waals surface area contributed by atoms with E-state index in [4.69, 9.17) is 0 Å². The molecule has 1 fully saturated rings. The second-order valence-corrected chi connectivity index (χ2v) is 7.88. The number of carbonyl (C=O) groups excluding carboxylic acids is 2. The summed E-state index contributed by atoms with van der Waals surface area (Å²) in [6.45, 7) is 6.54. The molecule has 0 spiro atoms. The number of hydrogen-bond acceptors (Lipinski definition) is 4. The van der Waals surface area contributed by atoms with Crippen molar-refractivity contribution in [2.24, 2.45) is 0 Å². The van der Waals surface area contributed by atoms with E-state index in [2.05, 4.69) is 27.7 Å². The number of rotatable bonds is 6. The first-order valence-electron chi connectivity index (χ1n) is 10.5. The topological polar surface area (TPSA) is 67.9 Å². The minimum Gasteiger partial charge on any atom is -0.370 e. The van der Waals surface area contributed by atoms with Crippen LogP contribution in [0.15, 0.2) is 48.5 Å².